The van der Waals surface area contributed by atoms with E-state index in [0.717, 1.165) is 12.8 Å². The summed E-state index contributed by atoms with van der Waals surface area (Å²) in [6, 6.07) is 0.363. The van der Waals surface area contributed by atoms with E-state index in [-0.39, 0.29) is 5.41 Å². The second kappa shape index (κ2) is 2.14. The Hall–Kier alpha value is -0.300. The molecule has 0 saturated heterocycles. The number of hydrogen-bond donors (Lipinski definition) is 1. The van der Waals surface area contributed by atoms with Crippen molar-refractivity contribution < 1.29 is 0 Å². The molecule has 2 N–H and O–H groups in total. The molecule has 1 aliphatic carbocycles. The van der Waals surface area contributed by atoms with Crippen LogP contribution < -0.4 is 5.73 Å². The molecule has 0 fully saturated rings. The van der Waals surface area contributed by atoms with Crippen LogP contribution in [0.25, 0.3) is 0 Å². The molecule has 0 saturated carbocycles. The molecule has 0 aromatic rings. The predicted octanol–water partition coefficient (Wildman–Crippen LogP) is 1.69. The van der Waals surface area contributed by atoms with Crippen LogP contribution in [0.4, 0.5) is 0 Å². The maximum atomic E-state index is 5.86. The Morgan fingerprint density at radius 2 is 2.22 bits per heavy atom. The van der Waals surface area contributed by atoms with Gasteiger partial charge >= 0.3 is 0 Å². The summed E-state index contributed by atoms with van der Waals surface area (Å²) in [6.45, 7) is 4.38. The van der Waals surface area contributed by atoms with Crippen LogP contribution in [-0.4, -0.2) is 6.04 Å². The average molecular weight is 125 g/mol. The van der Waals surface area contributed by atoms with Crippen molar-refractivity contribution in [2.75, 3.05) is 0 Å². The van der Waals surface area contributed by atoms with Gasteiger partial charge in [-0.15, -0.1) is 0 Å². The molecule has 1 aliphatic rings. The molecule has 0 heterocycles. The minimum atomic E-state index is 0.234. The highest BCUT2D eigenvalue weighted by atomic mass is 14.7. The first kappa shape index (κ1) is 6.81. The van der Waals surface area contributed by atoms with Crippen LogP contribution in [-0.2, 0) is 0 Å². The molecule has 1 heteroatoms. The number of nitrogens with two attached hydrogens (primary N) is 1. The third-order valence-electron chi connectivity index (χ3n) is 2.15. The Labute approximate surface area is 56.9 Å². The molecule has 0 aliphatic heterocycles. The fourth-order valence-corrected chi connectivity index (χ4v) is 1.16. The van der Waals surface area contributed by atoms with Crippen LogP contribution >= 0.6 is 0 Å². The Morgan fingerprint density at radius 3 is 2.56 bits per heavy atom. The standard InChI is InChI=1S/C8H15N/c1-8(2)6-4-3-5-7(8)9/h4,6-7H,3,5,9H2,1-2H3/t7-/m0/s1. The lowest BCUT2D eigenvalue weighted by molar-refractivity contribution is 0.339. The van der Waals surface area contributed by atoms with Crippen molar-refractivity contribution in [3.05, 3.63) is 12.2 Å². The van der Waals surface area contributed by atoms with Crippen molar-refractivity contribution in [3.8, 4) is 0 Å². The van der Waals surface area contributed by atoms with E-state index in [1.807, 2.05) is 0 Å². The lowest BCUT2D eigenvalue weighted by Gasteiger charge is -2.31. The summed E-state index contributed by atoms with van der Waals surface area (Å²) in [5.41, 5.74) is 6.10. The van der Waals surface area contributed by atoms with E-state index in [2.05, 4.69) is 26.0 Å². The number of rotatable bonds is 0. The fraction of sp³-hybridized carbons (Fsp3) is 0.750. The van der Waals surface area contributed by atoms with Gasteiger partial charge in [0.1, 0.15) is 0 Å². The second-order valence-corrected chi connectivity index (χ2v) is 3.41. The zero-order valence-electron chi connectivity index (χ0n) is 6.22. The topological polar surface area (TPSA) is 26.0 Å². The molecular formula is C8H15N. The molecule has 0 amide bonds. The van der Waals surface area contributed by atoms with Crippen LogP contribution in [0, 0.1) is 5.41 Å². The monoisotopic (exact) mass is 125 g/mol. The molecule has 0 aromatic heterocycles. The Kier molecular flexibility index (Phi) is 1.62. The Balaban J connectivity index is 2.68. The smallest absolute Gasteiger partial charge is 0.0128 e. The summed E-state index contributed by atoms with van der Waals surface area (Å²) in [5.74, 6) is 0. The molecule has 9 heavy (non-hydrogen) atoms. The van der Waals surface area contributed by atoms with Crippen molar-refractivity contribution in [2.45, 2.75) is 32.7 Å². The van der Waals surface area contributed by atoms with Crippen molar-refractivity contribution in [2.24, 2.45) is 11.1 Å². The van der Waals surface area contributed by atoms with Gasteiger partial charge in [0.25, 0.3) is 0 Å². The lowest BCUT2D eigenvalue weighted by Crippen LogP contribution is -2.37. The average Bonchev–Trinajstić information content (AvgIpc) is 1.77. The summed E-state index contributed by atoms with van der Waals surface area (Å²) in [5, 5.41) is 0. The Morgan fingerprint density at radius 1 is 1.56 bits per heavy atom. The third kappa shape index (κ3) is 1.33. The van der Waals surface area contributed by atoms with Gasteiger partial charge in [-0.1, -0.05) is 26.0 Å². The van der Waals surface area contributed by atoms with Crippen LogP contribution in [0.5, 0.6) is 0 Å². The van der Waals surface area contributed by atoms with Gasteiger partial charge in [0, 0.05) is 6.04 Å². The number of hydrogen-bond acceptors (Lipinski definition) is 1. The highest BCUT2D eigenvalue weighted by Gasteiger charge is 2.24. The van der Waals surface area contributed by atoms with Crippen LogP contribution in [0.1, 0.15) is 26.7 Å². The largest absolute Gasteiger partial charge is 0.327 e. The molecule has 0 aromatic carbocycles. The highest BCUT2D eigenvalue weighted by molar-refractivity contribution is 5.04. The summed E-state index contributed by atoms with van der Waals surface area (Å²) in [6.07, 6.45) is 6.75. The molecule has 0 radical (unpaired) electrons. The van der Waals surface area contributed by atoms with Gasteiger partial charge in [-0.05, 0) is 18.3 Å². The van der Waals surface area contributed by atoms with Crippen molar-refractivity contribution in [1.29, 1.82) is 0 Å². The van der Waals surface area contributed by atoms with Gasteiger partial charge in [-0.2, -0.15) is 0 Å². The SMILES string of the molecule is CC1(C)C=CCC[C@@H]1N. The van der Waals surface area contributed by atoms with E-state index in [4.69, 9.17) is 5.73 Å². The third-order valence-corrected chi connectivity index (χ3v) is 2.15. The van der Waals surface area contributed by atoms with Gasteiger partial charge in [0.2, 0.25) is 0 Å². The van der Waals surface area contributed by atoms with Gasteiger partial charge in [-0.25, -0.2) is 0 Å². The lowest BCUT2D eigenvalue weighted by atomic mass is 9.79. The van der Waals surface area contributed by atoms with Crippen molar-refractivity contribution in [3.63, 3.8) is 0 Å². The van der Waals surface area contributed by atoms with E-state index in [9.17, 15) is 0 Å². The van der Waals surface area contributed by atoms with Crippen LogP contribution in [0.15, 0.2) is 12.2 Å². The van der Waals surface area contributed by atoms with E-state index in [1.165, 1.54) is 0 Å². The summed E-state index contributed by atoms with van der Waals surface area (Å²) < 4.78 is 0. The molecule has 52 valence electrons. The van der Waals surface area contributed by atoms with Crippen LogP contribution in [0.3, 0.4) is 0 Å². The molecule has 1 atom stereocenters. The summed E-state index contributed by atoms with van der Waals surface area (Å²) in [4.78, 5) is 0. The number of allylic oxidation sites excluding steroid dienone is 1. The summed E-state index contributed by atoms with van der Waals surface area (Å²) in [7, 11) is 0. The molecule has 0 spiro atoms. The first-order valence-electron chi connectivity index (χ1n) is 3.56. The minimum Gasteiger partial charge on any atom is -0.327 e. The van der Waals surface area contributed by atoms with E-state index >= 15 is 0 Å². The molecule has 0 bridgehead atoms. The van der Waals surface area contributed by atoms with Crippen molar-refractivity contribution in [1.82, 2.24) is 0 Å². The van der Waals surface area contributed by atoms with Crippen molar-refractivity contribution >= 4 is 0 Å². The first-order chi connectivity index (χ1) is 4.13. The quantitative estimate of drug-likeness (QED) is 0.490. The normalized spacial score (nSPS) is 32.6. The first-order valence-corrected chi connectivity index (χ1v) is 3.56. The van der Waals surface area contributed by atoms with Gasteiger partial charge in [0.05, 0.1) is 0 Å². The maximum Gasteiger partial charge on any atom is 0.0128 e. The van der Waals surface area contributed by atoms with Gasteiger partial charge in [-0.3, -0.25) is 0 Å². The molecule has 1 rings (SSSR count). The Bertz CT molecular complexity index is 125. The molecule has 0 unspecified atom stereocenters. The van der Waals surface area contributed by atoms with Crippen LogP contribution in [0.2, 0.25) is 0 Å². The van der Waals surface area contributed by atoms with Gasteiger partial charge in [0.15, 0.2) is 0 Å². The molecule has 1 nitrogen and oxygen atoms in total. The fourth-order valence-electron chi connectivity index (χ4n) is 1.16. The minimum absolute atomic E-state index is 0.234. The summed E-state index contributed by atoms with van der Waals surface area (Å²) >= 11 is 0. The second-order valence-electron chi connectivity index (χ2n) is 3.41. The zero-order chi connectivity index (χ0) is 6.91. The van der Waals surface area contributed by atoms with Gasteiger partial charge < -0.3 is 5.73 Å². The zero-order valence-corrected chi connectivity index (χ0v) is 6.22. The predicted molar refractivity (Wildman–Crippen MR) is 40.1 cm³/mol. The maximum absolute atomic E-state index is 5.86. The van der Waals surface area contributed by atoms with E-state index < -0.39 is 0 Å². The molecular weight excluding hydrogens is 110 g/mol. The highest BCUT2D eigenvalue weighted by Crippen LogP contribution is 2.27. The van der Waals surface area contributed by atoms with E-state index in [0.29, 0.717) is 6.04 Å². The van der Waals surface area contributed by atoms with E-state index in [1.54, 1.807) is 0 Å².